The zero-order chi connectivity index (χ0) is 15.9. The molecule has 0 bridgehead atoms. The summed E-state index contributed by atoms with van der Waals surface area (Å²) in [4.78, 5) is 11.9. The van der Waals surface area contributed by atoms with Crippen LogP contribution < -0.4 is 5.43 Å². The first-order valence-electron chi connectivity index (χ1n) is 6.50. The number of ether oxygens (including phenoxy) is 1. The Hall–Kier alpha value is -2.18. The van der Waals surface area contributed by atoms with Gasteiger partial charge >= 0.3 is 0 Å². The molecule has 0 atom stereocenters. The minimum atomic E-state index is -0.324. The molecule has 0 aliphatic rings. The fourth-order valence-electron chi connectivity index (χ4n) is 1.77. The van der Waals surface area contributed by atoms with Crippen molar-refractivity contribution in [2.24, 2.45) is 5.10 Å². The van der Waals surface area contributed by atoms with Gasteiger partial charge in [0.15, 0.2) is 0 Å². The van der Waals surface area contributed by atoms with Crippen LogP contribution in [0.3, 0.4) is 0 Å². The second kappa shape index (κ2) is 7.72. The largest absolute Gasteiger partial charge is 0.507 e. The molecule has 22 heavy (non-hydrogen) atoms. The fourth-order valence-corrected chi connectivity index (χ4v) is 2.15. The summed E-state index contributed by atoms with van der Waals surface area (Å²) in [6.07, 6.45) is 1.39. The maximum Gasteiger partial charge on any atom is 0.271 e. The van der Waals surface area contributed by atoms with Crippen molar-refractivity contribution in [3.05, 3.63) is 63.6 Å². The van der Waals surface area contributed by atoms with Gasteiger partial charge in [0, 0.05) is 22.7 Å². The molecule has 2 aromatic carbocycles. The van der Waals surface area contributed by atoms with E-state index in [1.54, 1.807) is 37.4 Å². The smallest absolute Gasteiger partial charge is 0.271 e. The third-order valence-corrected chi connectivity index (χ3v) is 3.38. The highest BCUT2D eigenvalue weighted by atomic mass is 79.9. The number of phenols is 1. The van der Waals surface area contributed by atoms with Crippen molar-refractivity contribution in [3.63, 3.8) is 0 Å². The first-order chi connectivity index (χ1) is 10.6. The molecular weight excluding hydrogens is 348 g/mol. The molecular formula is C16H15BrN2O3. The van der Waals surface area contributed by atoms with Crippen LogP contribution in [0.4, 0.5) is 0 Å². The number of methoxy groups -OCH3 is 1. The highest BCUT2D eigenvalue weighted by Crippen LogP contribution is 2.19. The predicted octanol–water partition coefficient (Wildman–Crippen LogP) is 3.07. The first kappa shape index (κ1) is 16.2. The van der Waals surface area contributed by atoms with Crippen LogP contribution >= 0.6 is 15.9 Å². The molecule has 2 aromatic rings. The number of hydrazone groups is 1. The number of aromatic hydroxyl groups is 1. The Morgan fingerprint density at radius 2 is 2.05 bits per heavy atom. The molecule has 0 heterocycles. The lowest BCUT2D eigenvalue weighted by atomic mass is 10.1. The molecule has 2 N–H and O–H groups in total. The molecule has 6 heteroatoms. The molecule has 0 aliphatic carbocycles. The maximum atomic E-state index is 11.9. The van der Waals surface area contributed by atoms with Gasteiger partial charge in [0.25, 0.3) is 5.91 Å². The van der Waals surface area contributed by atoms with E-state index in [2.05, 4.69) is 26.5 Å². The molecule has 1 amide bonds. The molecule has 0 saturated heterocycles. The van der Waals surface area contributed by atoms with Crippen LogP contribution in [0.2, 0.25) is 0 Å². The van der Waals surface area contributed by atoms with Gasteiger partial charge < -0.3 is 9.84 Å². The molecule has 0 spiro atoms. The van der Waals surface area contributed by atoms with Crippen LogP contribution in [0.5, 0.6) is 5.75 Å². The number of phenolic OH excluding ortho intramolecular Hbond substituents is 1. The number of amides is 1. The molecule has 2 rings (SSSR count). The van der Waals surface area contributed by atoms with Gasteiger partial charge in [-0.25, -0.2) is 5.43 Å². The molecule has 114 valence electrons. The maximum absolute atomic E-state index is 11.9. The highest BCUT2D eigenvalue weighted by Gasteiger charge is 2.04. The summed E-state index contributed by atoms with van der Waals surface area (Å²) in [6, 6.07) is 12.0. The minimum absolute atomic E-state index is 0.0881. The van der Waals surface area contributed by atoms with Gasteiger partial charge in [-0.2, -0.15) is 5.10 Å². The molecule has 0 aliphatic heterocycles. The topological polar surface area (TPSA) is 70.9 Å². The summed E-state index contributed by atoms with van der Waals surface area (Å²) in [6.45, 7) is 0.502. The monoisotopic (exact) mass is 362 g/mol. The summed E-state index contributed by atoms with van der Waals surface area (Å²) in [7, 11) is 1.62. The van der Waals surface area contributed by atoms with Crippen molar-refractivity contribution in [1.82, 2.24) is 5.43 Å². The van der Waals surface area contributed by atoms with Crippen LogP contribution in [0.1, 0.15) is 21.5 Å². The second-order valence-corrected chi connectivity index (χ2v) is 5.45. The van der Waals surface area contributed by atoms with E-state index < -0.39 is 0 Å². The Kier molecular flexibility index (Phi) is 5.68. The van der Waals surface area contributed by atoms with E-state index in [0.717, 1.165) is 10.0 Å². The third kappa shape index (κ3) is 4.41. The van der Waals surface area contributed by atoms with Gasteiger partial charge in [0.1, 0.15) is 5.75 Å². The number of nitrogens with one attached hydrogen (secondary N) is 1. The van der Waals surface area contributed by atoms with E-state index in [9.17, 15) is 9.90 Å². The van der Waals surface area contributed by atoms with Crippen molar-refractivity contribution in [2.45, 2.75) is 6.61 Å². The third-order valence-electron chi connectivity index (χ3n) is 2.89. The van der Waals surface area contributed by atoms with Gasteiger partial charge in [-0.15, -0.1) is 0 Å². The number of hydrogen-bond donors (Lipinski definition) is 2. The van der Waals surface area contributed by atoms with Crippen molar-refractivity contribution >= 4 is 28.1 Å². The van der Waals surface area contributed by atoms with Gasteiger partial charge in [0.2, 0.25) is 0 Å². The number of hydrogen-bond acceptors (Lipinski definition) is 4. The Morgan fingerprint density at radius 1 is 1.32 bits per heavy atom. The minimum Gasteiger partial charge on any atom is -0.507 e. The van der Waals surface area contributed by atoms with Crippen LogP contribution in [0.15, 0.2) is 52.0 Å². The fraction of sp³-hybridized carbons (Fsp3) is 0.125. The summed E-state index contributed by atoms with van der Waals surface area (Å²) in [5.41, 5.74) is 4.41. The van der Waals surface area contributed by atoms with E-state index >= 15 is 0 Å². The van der Waals surface area contributed by atoms with Crippen molar-refractivity contribution in [2.75, 3.05) is 7.11 Å². The number of carbonyl (C=O) groups excluding carboxylic acids is 1. The van der Waals surface area contributed by atoms with E-state index in [1.807, 2.05) is 12.1 Å². The summed E-state index contributed by atoms with van der Waals surface area (Å²) >= 11 is 3.30. The predicted molar refractivity (Wildman–Crippen MR) is 88.0 cm³/mol. The van der Waals surface area contributed by atoms with Gasteiger partial charge in [-0.1, -0.05) is 28.1 Å². The van der Waals surface area contributed by atoms with Crippen LogP contribution in [-0.4, -0.2) is 24.3 Å². The van der Waals surface area contributed by atoms with Gasteiger partial charge in [-0.3, -0.25) is 4.79 Å². The average Bonchev–Trinajstić information content (AvgIpc) is 2.51. The first-order valence-corrected chi connectivity index (χ1v) is 7.29. The highest BCUT2D eigenvalue weighted by molar-refractivity contribution is 9.10. The number of benzene rings is 2. The van der Waals surface area contributed by atoms with E-state index in [1.165, 1.54) is 6.21 Å². The Morgan fingerprint density at radius 3 is 2.73 bits per heavy atom. The number of rotatable bonds is 5. The summed E-state index contributed by atoms with van der Waals surface area (Å²) < 4.78 is 5.82. The summed E-state index contributed by atoms with van der Waals surface area (Å²) in [5.74, 6) is -0.236. The van der Waals surface area contributed by atoms with Crippen LogP contribution in [0, 0.1) is 0 Å². The van der Waals surface area contributed by atoms with Crippen molar-refractivity contribution in [3.8, 4) is 5.75 Å². The molecule has 0 saturated carbocycles. The molecule has 0 unspecified atom stereocenters. The van der Waals surface area contributed by atoms with Gasteiger partial charge in [-0.05, 0) is 35.9 Å². The lowest BCUT2D eigenvalue weighted by Gasteiger charge is -2.03. The molecule has 5 nitrogen and oxygen atoms in total. The normalized spacial score (nSPS) is 10.8. The lowest BCUT2D eigenvalue weighted by molar-refractivity contribution is 0.0955. The van der Waals surface area contributed by atoms with E-state index in [4.69, 9.17) is 4.74 Å². The van der Waals surface area contributed by atoms with E-state index in [0.29, 0.717) is 17.7 Å². The molecule has 0 fully saturated rings. The van der Waals surface area contributed by atoms with Crippen molar-refractivity contribution < 1.29 is 14.6 Å². The standard InChI is InChI=1S/C16H15BrN2O3/c1-22-10-11-2-4-12(5-3-11)16(21)19-18-9-13-8-14(17)6-7-15(13)20/h2-9,20H,10H2,1H3,(H,19,21). The zero-order valence-electron chi connectivity index (χ0n) is 11.9. The SMILES string of the molecule is COCc1ccc(C(=O)NN=Cc2cc(Br)ccc2O)cc1. The Bertz CT molecular complexity index is 684. The number of carbonyl (C=O) groups is 1. The Labute approximate surface area is 136 Å². The van der Waals surface area contributed by atoms with Crippen LogP contribution in [0.25, 0.3) is 0 Å². The summed E-state index contributed by atoms with van der Waals surface area (Å²) in [5, 5.41) is 13.5. The quantitative estimate of drug-likeness (QED) is 0.634. The van der Waals surface area contributed by atoms with Crippen molar-refractivity contribution in [1.29, 1.82) is 0 Å². The second-order valence-electron chi connectivity index (χ2n) is 4.53. The van der Waals surface area contributed by atoms with Gasteiger partial charge in [0.05, 0.1) is 12.8 Å². The zero-order valence-corrected chi connectivity index (χ0v) is 13.5. The lowest BCUT2D eigenvalue weighted by Crippen LogP contribution is -2.17. The molecule has 0 radical (unpaired) electrons. The molecule has 0 aromatic heterocycles. The Balaban J connectivity index is 2.00. The van der Waals surface area contributed by atoms with Crippen LogP contribution in [-0.2, 0) is 11.3 Å². The van der Waals surface area contributed by atoms with E-state index in [-0.39, 0.29) is 11.7 Å². The average molecular weight is 363 g/mol. The number of halogens is 1. The number of nitrogens with zero attached hydrogens (tertiary/aromatic N) is 1.